The Balaban J connectivity index is 3.03. The second-order valence-corrected chi connectivity index (χ2v) is 3.45. The third kappa shape index (κ3) is 2.65. The lowest BCUT2D eigenvalue weighted by Crippen LogP contribution is -2.23. The van der Waals surface area contributed by atoms with Gasteiger partial charge in [0.2, 0.25) is 0 Å². The first-order valence-electron chi connectivity index (χ1n) is 4.96. The molecule has 0 atom stereocenters. The molecule has 0 unspecified atom stereocenters. The molecule has 0 heterocycles. The topological polar surface area (TPSA) is 46.2 Å². The Kier molecular flexibility index (Phi) is 3.61. The molecule has 1 amide bonds. The maximum Gasteiger partial charge on any atom is 0.251 e. The normalized spacial score (nSPS) is 9.80. The van der Waals surface area contributed by atoms with E-state index in [4.69, 9.17) is 0 Å². The van der Waals surface area contributed by atoms with Crippen LogP contribution in [0.5, 0.6) is 0 Å². The van der Waals surface area contributed by atoms with Gasteiger partial charge in [0.15, 0.2) is 5.78 Å². The Morgan fingerprint density at radius 2 is 2.00 bits per heavy atom. The van der Waals surface area contributed by atoms with Crippen molar-refractivity contribution in [1.29, 1.82) is 0 Å². The van der Waals surface area contributed by atoms with Crippen LogP contribution in [0, 0.1) is 6.92 Å². The number of nitrogens with one attached hydrogen (secondary N) is 1. The molecule has 0 aromatic heterocycles. The minimum absolute atomic E-state index is 0.0144. The zero-order chi connectivity index (χ0) is 11.4. The highest BCUT2D eigenvalue weighted by Gasteiger charge is 2.09. The van der Waals surface area contributed by atoms with Gasteiger partial charge in [-0.05, 0) is 38.5 Å². The van der Waals surface area contributed by atoms with E-state index in [0.29, 0.717) is 17.7 Å². The molecule has 3 nitrogen and oxygen atoms in total. The number of aryl methyl sites for hydroxylation is 1. The highest BCUT2D eigenvalue weighted by atomic mass is 16.1. The summed E-state index contributed by atoms with van der Waals surface area (Å²) in [6.07, 6.45) is 0. The van der Waals surface area contributed by atoms with Gasteiger partial charge in [-0.2, -0.15) is 0 Å². The highest BCUT2D eigenvalue weighted by molar-refractivity contribution is 5.98. The summed E-state index contributed by atoms with van der Waals surface area (Å²) in [6.45, 7) is 5.82. The minimum Gasteiger partial charge on any atom is -0.352 e. The maximum atomic E-state index is 11.6. The van der Waals surface area contributed by atoms with Crippen LogP contribution in [0.15, 0.2) is 18.2 Å². The average molecular weight is 205 g/mol. The zero-order valence-corrected chi connectivity index (χ0v) is 9.26. The van der Waals surface area contributed by atoms with E-state index in [1.54, 1.807) is 18.2 Å². The second-order valence-electron chi connectivity index (χ2n) is 3.45. The molecule has 0 saturated carbocycles. The Morgan fingerprint density at radius 1 is 1.33 bits per heavy atom. The van der Waals surface area contributed by atoms with E-state index in [9.17, 15) is 9.59 Å². The monoisotopic (exact) mass is 205 g/mol. The molecule has 1 rings (SSSR count). The van der Waals surface area contributed by atoms with Crippen LogP contribution in [0.4, 0.5) is 0 Å². The molecule has 0 aliphatic rings. The number of hydrogen-bond acceptors (Lipinski definition) is 2. The van der Waals surface area contributed by atoms with Crippen molar-refractivity contribution < 1.29 is 9.59 Å². The van der Waals surface area contributed by atoms with E-state index >= 15 is 0 Å². The molecule has 1 aromatic carbocycles. The van der Waals surface area contributed by atoms with Crippen molar-refractivity contribution in [2.45, 2.75) is 20.8 Å². The predicted octanol–water partition coefficient (Wildman–Crippen LogP) is 1.95. The summed E-state index contributed by atoms with van der Waals surface area (Å²) in [5, 5.41) is 2.73. The summed E-state index contributed by atoms with van der Waals surface area (Å²) >= 11 is 0. The summed E-state index contributed by atoms with van der Waals surface area (Å²) in [6, 6.07) is 5.11. The van der Waals surface area contributed by atoms with Crippen molar-refractivity contribution in [3.63, 3.8) is 0 Å². The van der Waals surface area contributed by atoms with Gasteiger partial charge in [-0.15, -0.1) is 0 Å². The van der Waals surface area contributed by atoms with Gasteiger partial charge in [0, 0.05) is 17.7 Å². The molecule has 0 bridgehead atoms. The van der Waals surface area contributed by atoms with Crippen molar-refractivity contribution in [2.75, 3.05) is 6.54 Å². The van der Waals surface area contributed by atoms with E-state index in [1.807, 2.05) is 13.8 Å². The van der Waals surface area contributed by atoms with Crippen LogP contribution in [0.1, 0.15) is 40.1 Å². The molecule has 0 saturated heterocycles. The Hall–Kier alpha value is -1.64. The lowest BCUT2D eigenvalue weighted by atomic mass is 10.0. The smallest absolute Gasteiger partial charge is 0.251 e. The fraction of sp³-hybridized carbons (Fsp3) is 0.333. The Labute approximate surface area is 89.5 Å². The molecule has 0 fully saturated rings. The molecule has 0 aliphatic carbocycles. The fourth-order valence-corrected chi connectivity index (χ4v) is 1.39. The molecule has 1 aromatic rings. The summed E-state index contributed by atoms with van der Waals surface area (Å²) in [5.74, 6) is -0.0781. The average Bonchev–Trinajstić information content (AvgIpc) is 2.17. The fourth-order valence-electron chi connectivity index (χ4n) is 1.39. The third-order valence-electron chi connectivity index (χ3n) is 2.21. The summed E-state index contributed by atoms with van der Waals surface area (Å²) < 4.78 is 0. The van der Waals surface area contributed by atoms with E-state index in [-0.39, 0.29) is 11.7 Å². The molecule has 0 spiro atoms. The first-order valence-corrected chi connectivity index (χ1v) is 4.96. The summed E-state index contributed by atoms with van der Waals surface area (Å²) in [7, 11) is 0. The molecule has 3 heteroatoms. The van der Waals surface area contributed by atoms with Gasteiger partial charge in [0.05, 0.1) is 0 Å². The van der Waals surface area contributed by atoms with Gasteiger partial charge in [-0.3, -0.25) is 9.59 Å². The van der Waals surface area contributed by atoms with Crippen LogP contribution >= 0.6 is 0 Å². The van der Waals surface area contributed by atoms with Crippen molar-refractivity contribution in [3.05, 3.63) is 34.9 Å². The lowest BCUT2D eigenvalue weighted by molar-refractivity contribution is 0.0953. The quantitative estimate of drug-likeness (QED) is 0.766. The van der Waals surface area contributed by atoms with Crippen LogP contribution in [0.2, 0.25) is 0 Å². The van der Waals surface area contributed by atoms with E-state index in [1.165, 1.54) is 6.92 Å². The molecular weight excluding hydrogens is 190 g/mol. The number of benzene rings is 1. The van der Waals surface area contributed by atoms with Crippen LogP contribution in [-0.4, -0.2) is 18.2 Å². The second kappa shape index (κ2) is 4.73. The molecular formula is C12H15NO2. The van der Waals surface area contributed by atoms with E-state index < -0.39 is 0 Å². The zero-order valence-electron chi connectivity index (χ0n) is 9.26. The molecule has 0 radical (unpaired) electrons. The van der Waals surface area contributed by atoms with Gasteiger partial charge < -0.3 is 5.32 Å². The number of rotatable bonds is 3. The Bertz CT molecular complexity index is 397. The van der Waals surface area contributed by atoms with Gasteiger partial charge in [0.1, 0.15) is 0 Å². The van der Waals surface area contributed by atoms with Crippen molar-refractivity contribution >= 4 is 11.7 Å². The van der Waals surface area contributed by atoms with Gasteiger partial charge in [-0.25, -0.2) is 0 Å². The largest absolute Gasteiger partial charge is 0.352 e. The Morgan fingerprint density at radius 3 is 2.47 bits per heavy atom. The number of carbonyl (C=O) groups is 2. The minimum atomic E-state index is -0.0925. The van der Waals surface area contributed by atoms with Crippen LogP contribution in [-0.2, 0) is 0 Å². The SMILES string of the molecule is CCNC(=O)c1ccc(C(C)=O)cc1C. The van der Waals surface area contributed by atoms with Crippen molar-refractivity contribution in [2.24, 2.45) is 0 Å². The number of carbonyl (C=O) groups excluding carboxylic acids is 2. The molecule has 1 N–H and O–H groups in total. The third-order valence-corrected chi connectivity index (χ3v) is 2.21. The number of Topliss-reactive ketones (excluding diaryl/α,β-unsaturated/α-hetero) is 1. The number of ketones is 1. The first kappa shape index (κ1) is 11.4. The van der Waals surface area contributed by atoms with Crippen LogP contribution in [0.25, 0.3) is 0 Å². The predicted molar refractivity (Wildman–Crippen MR) is 59.2 cm³/mol. The van der Waals surface area contributed by atoms with Gasteiger partial charge in [0.25, 0.3) is 5.91 Å². The van der Waals surface area contributed by atoms with E-state index in [0.717, 1.165) is 5.56 Å². The first-order chi connectivity index (χ1) is 7.06. The number of hydrogen-bond donors (Lipinski definition) is 1. The highest BCUT2D eigenvalue weighted by Crippen LogP contribution is 2.11. The van der Waals surface area contributed by atoms with Crippen molar-refractivity contribution in [1.82, 2.24) is 5.32 Å². The number of amides is 1. The van der Waals surface area contributed by atoms with Crippen LogP contribution < -0.4 is 5.32 Å². The molecule has 0 aliphatic heterocycles. The summed E-state index contributed by atoms with van der Waals surface area (Å²) in [4.78, 5) is 22.7. The summed E-state index contributed by atoms with van der Waals surface area (Å²) in [5.41, 5.74) is 2.09. The van der Waals surface area contributed by atoms with Gasteiger partial charge in [-0.1, -0.05) is 6.07 Å². The van der Waals surface area contributed by atoms with Gasteiger partial charge >= 0.3 is 0 Å². The molecule has 15 heavy (non-hydrogen) atoms. The van der Waals surface area contributed by atoms with Crippen molar-refractivity contribution in [3.8, 4) is 0 Å². The van der Waals surface area contributed by atoms with Crippen LogP contribution in [0.3, 0.4) is 0 Å². The maximum absolute atomic E-state index is 11.6. The molecule has 80 valence electrons. The lowest BCUT2D eigenvalue weighted by Gasteiger charge is -2.06. The van der Waals surface area contributed by atoms with E-state index in [2.05, 4.69) is 5.32 Å². The standard InChI is InChI=1S/C12H15NO2/c1-4-13-12(15)11-6-5-10(9(3)14)7-8(11)2/h5-7H,4H2,1-3H3,(H,13,15).